The third-order valence-electron chi connectivity index (χ3n) is 6.54. The molecule has 1 N–H and O–H groups in total. The number of rotatable bonds is 6. The largest absolute Gasteiger partial charge is 0.490 e. The fourth-order valence-corrected chi connectivity index (χ4v) is 4.57. The molecule has 2 heterocycles. The van der Waals surface area contributed by atoms with Gasteiger partial charge in [-0.05, 0) is 53.6 Å². The molecule has 198 valence electrons. The summed E-state index contributed by atoms with van der Waals surface area (Å²) in [4.78, 5) is 15.7. The monoisotopic (exact) mass is 522 g/mol. The lowest BCUT2D eigenvalue weighted by Crippen LogP contribution is -2.40. The molecular formula is C30H29F3N2O3. The SMILES string of the molecule is O=C(O)C(F)(F)F.c1ccc(C(CN2CCC(Oc3ccc4cnccc4c3)CC2)c2ccccc2)cc1. The van der Waals surface area contributed by atoms with E-state index in [2.05, 4.69) is 88.7 Å². The van der Waals surface area contributed by atoms with Crippen LogP contribution in [0.1, 0.15) is 29.9 Å². The first kappa shape index (κ1) is 27.1. The Kier molecular flexibility index (Phi) is 8.97. The average Bonchev–Trinajstić information content (AvgIpc) is 2.93. The van der Waals surface area contributed by atoms with E-state index >= 15 is 0 Å². The number of halogens is 3. The van der Waals surface area contributed by atoms with Crippen LogP contribution < -0.4 is 4.74 Å². The standard InChI is InChI=1S/C28H28N2O.C2HF3O2/c1-3-7-22(8-4-1)28(23-9-5-2-6-10-23)21-30-17-14-26(15-18-30)31-27-12-11-25-20-29-16-13-24(25)19-27;3-2(4,5)1(6)7/h1-13,16,19-20,26,28H,14-15,17-18,21H2;(H,6,7). The lowest BCUT2D eigenvalue weighted by molar-refractivity contribution is -0.192. The summed E-state index contributed by atoms with van der Waals surface area (Å²) in [6.45, 7) is 3.18. The zero-order chi connectivity index (χ0) is 27.0. The lowest BCUT2D eigenvalue weighted by Gasteiger charge is -2.34. The van der Waals surface area contributed by atoms with Gasteiger partial charge in [-0.25, -0.2) is 4.79 Å². The molecule has 0 aliphatic carbocycles. The summed E-state index contributed by atoms with van der Waals surface area (Å²) < 4.78 is 38.1. The van der Waals surface area contributed by atoms with Crippen molar-refractivity contribution in [1.82, 2.24) is 9.88 Å². The summed E-state index contributed by atoms with van der Waals surface area (Å²) in [7, 11) is 0. The summed E-state index contributed by atoms with van der Waals surface area (Å²) in [5, 5.41) is 9.45. The van der Waals surface area contributed by atoms with Crippen molar-refractivity contribution >= 4 is 16.7 Å². The van der Waals surface area contributed by atoms with Crippen LogP contribution in [0.4, 0.5) is 13.2 Å². The van der Waals surface area contributed by atoms with Crippen LogP contribution in [0.25, 0.3) is 10.8 Å². The molecule has 1 aliphatic heterocycles. The number of fused-ring (bicyclic) bond motifs is 1. The second kappa shape index (κ2) is 12.6. The summed E-state index contributed by atoms with van der Waals surface area (Å²) >= 11 is 0. The number of pyridine rings is 1. The number of benzene rings is 3. The number of carboxylic acids is 1. The molecule has 0 bridgehead atoms. The number of carbonyl (C=O) groups is 1. The highest BCUT2D eigenvalue weighted by Crippen LogP contribution is 2.28. The Labute approximate surface area is 219 Å². The van der Waals surface area contributed by atoms with Crippen molar-refractivity contribution < 1.29 is 27.8 Å². The molecule has 1 saturated heterocycles. The number of hydrogen-bond acceptors (Lipinski definition) is 4. The van der Waals surface area contributed by atoms with Crippen LogP contribution in [-0.2, 0) is 4.79 Å². The van der Waals surface area contributed by atoms with Crippen molar-refractivity contribution in [2.45, 2.75) is 31.0 Å². The smallest absolute Gasteiger partial charge is 0.490 e. The van der Waals surface area contributed by atoms with Crippen molar-refractivity contribution in [2.75, 3.05) is 19.6 Å². The number of hydrogen-bond donors (Lipinski definition) is 1. The quantitative estimate of drug-likeness (QED) is 0.311. The van der Waals surface area contributed by atoms with E-state index in [1.807, 2.05) is 18.5 Å². The minimum atomic E-state index is -5.08. The summed E-state index contributed by atoms with van der Waals surface area (Å²) in [5.41, 5.74) is 2.77. The van der Waals surface area contributed by atoms with Gasteiger partial charge in [-0.1, -0.05) is 60.7 Å². The number of aliphatic carboxylic acids is 1. The van der Waals surface area contributed by atoms with Gasteiger partial charge in [-0.2, -0.15) is 13.2 Å². The molecule has 0 spiro atoms. The van der Waals surface area contributed by atoms with E-state index in [0.717, 1.165) is 43.6 Å². The number of nitrogens with zero attached hydrogens (tertiary/aromatic N) is 2. The van der Waals surface area contributed by atoms with E-state index in [-0.39, 0.29) is 6.10 Å². The number of likely N-dealkylation sites (tertiary alicyclic amines) is 1. The van der Waals surface area contributed by atoms with E-state index in [1.54, 1.807) is 0 Å². The molecule has 3 aromatic carbocycles. The Morgan fingerprint density at radius 1 is 0.921 bits per heavy atom. The van der Waals surface area contributed by atoms with E-state index in [4.69, 9.17) is 14.6 Å². The van der Waals surface area contributed by atoms with Crippen molar-refractivity contribution in [3.8, 4) is 5.75 Å². The fourth-order valence-electron chi connectivity index (χ4n) is 4.57. The normalized spacial score (nSPS) is 14.6. The molecule has 1 fully saturated rings. The van der Waals surface area contributed by atoms with E-state index < -0.39 is 12.1 Å². The first-order valence-electron chi connectivity index (χ1n) is 12.4. The first-order valence-corrected chi connectivity index (χ1v) is 12.4. The summed E-state index contributed by atoms with van der Waals surface area (Å²) in [5.74, 6) is -1.40. The van der Waals surface area contributed by atoms with Crippen LogP contribution in [0.2, 0.25) is 0 Å². The number of aromatic nitrogens is 1. The molecule has 8 heteroatoms. The molecule has 5 rings (SSSR count). The van der Waals surface area contributed by atoms with Gasteiger partial charge in [0.1, 0.15) is 11.9 Å². The Morgan fingerprint density at radius 3 is 2.05 bits per heavy atom. The van der Waals surface area contributed by atoms with Crippen LogP contribution in [0.15, 0.2) is 97.3 Å². The molecule has 0 unspecified atom stereocenters. The van der Waals surface area contributed by atoms with Gasteiger partial charge >= 0.3 is 12.1 Å². The van der Waals surface area contributed by atoms with E-state index in [9.17, 15) is 13.2 Å². The van der Waals surface area contributed by atoms with Crippen molar-refractivity contribution in [3.63, 3.8) is 0 Å². The number of alkyl halides is 3. The third kappa shape index (κ3) is 7.55. The highest BCUT2D eigenvalue weighted by atomic mass is 19.4. The number of piperidine rings is 1. The van der Waals surface area contributed by atoms with Gasteiger partial charge in [0, 0.05) is 43.3 Å². The Bertz CT molecular complexity index is 1270. The van der Waals surface area contributed by atoms with Crippen LogP contribution in [-0.4, -0.2) is 52.9 Å². The van der Waals surface area contributed by atoms with Gasteiger partial charge < -0.3 is 14.7 Å². The first-order chi connectivity index (χ1) is 18.3. The molecule has 38 heavy (non-hydrogen) atoms. The second-order valence-corrected chi connectivity index (χ2v) is 9.18. The molecule has 1 aliphatic rings. The molecule has 4 aromatic rings. The molecule has 1 aromatic heterocycles. The molecular weight excluding hydrogens is 493 g/mol. The van der Waals surface area contributed by atoms with Gasteiger partial charge in [-0.15, -0.1) is 0 Å². The maximum absolute atomic E-state index is 10.6. The van der Waals surface area contributed by atoms with E-state index in [0.29, 0.717) is 5.92 Å². The van der Waals surface area contributed by atoms with Gasteiger partial charge in [0.25, 0.3) is 0 Å². The van der Waals surface area contributed by atoms with Crippen molar-refractivity contribution in [1.29, 1.82) is 0 Å². The van der Waals surface area contributed by atoms with Crippen LogP contribution in [0.5, 0.6) is 5.75 Å². The molecule has 0 saturated carbocycles. The summed E-state index contributed by atoms with van der Waals surface area (Å²) in [6.07, 6.45) is 1.05. The molecule has 0 amide bonds. The van der Waals surface area contributed by atoms with Gasteiger partial charge in [0.2, 0.25) is 0 Å². The van der Waals surface area contributed by atoms with Gasteiger partial charge in [0.15, 0.2) is 0 Å². The zero-order valence-corrected chi connectivity index (χ0v) is 20.7. The van der Waals surface area contributed by atoms with Crippen LogP contribution in [0.3, 0.4) is 0 Å². The second-order valence-electron chi connectivity index (χ2n) is 9.18. The zero-order valence-electron chi connectivity index (χ0n) is 20.7. The molecule has 5 nitrogen and oxygen atoms in total. The molecule has 0 atom stereocenters. The Morgan fingerprint density at radius 2 is 1.50 bits per heavy atom. The Hall–Kier alpha value is -3.91. The van der Waals surface area contributed by atoms with Gasteiger partial charge in [-0.3, -0.25) is 4.98 Å². The number of carboxylic acid groups (broad SMARTS) is 1. The van der Waals surface area contributed by atoms with Gasteiger partial charge in [0.05, 0.1) is 0 Å². The van der Waals surface area contributed by atoms with Crippen LogP contribution >= 0.6 is 0 Å². The van der Waals surface area contributed by atoms with Crippen molar-refractivity contribution in [2.24, 2.45) is 0 Å². The molecule has 0 radical (unpaired) electrons. The average molecular weight is 523 g/mol. The minimum absolute atomic E-state index is 0.280. The van der Waals surface area contributed by atoms with Crippen LogP contribution in [0, 0.1) is 0 Å². The third-order valence-corrected chi connectivity index (χ3v) is 6.54. The maximum Gasteiger partial charge on any atom is 0.490 e. The highest BCUT2D eigenvalue weighted by Gasteiger charge is 2.38. The predicted octanol–water partition coefficient (Wildman–Crippen LogP) is 6.54. The minimum Gasteiger partial charge on any atom is -0.490 e. The number of ether oxygens (including phenoxy) is 1. The predicted molar refractivity (Wildman–Crippen MR) is 140 cm³/mol. The maximum atomic E-state index is 10.6. The fraction of sp³-hybridized carbons (Fsp3) is 0.267. The lowest BCUT2D eigenvalue weighted by atomic mass is 9.90. The summed E-state index contributed by atoms with van der Waals surface area (Å²) in [6, 6.07) is 30.1. The Balaban J connectivity index is 0.000000426. The van der Waals surface area contributed by atoms with Crippen molar-refractivity contribution in [3.05, 3.63) is 108 Å². The van der Waals surface area contributed by atoms with E-state index in [1.165, 1.54) is 16.5 Å². The topological polar surface area (TPSA) is 62.7 Å². The highest BCUT2D eigenvalue weighted by molar-refractivity contribution is 5.82.